The van der Waals surface area contributed by atoms with Gasteiger partial charge in [-0.25, -0.2) is 9.98 Å². The first kappa shape index (κ1) is 13.1. The third-order valence-electron chi connectivity index (χ3n) is 3.78. The molecule has 20 heavy (non-hydrogen) atoms. The Morgan fingerprint density at radius 3 is 2.80 bits per heavy atom. The molecule has 2 aromatic rings. The first-order valence-electron chi connectivity index (χ1n) is 6.58. The summed E-state index contributed by atoms with van der Waals surface area (Å²) in [6.45, 7) is 4.50. The Morgan fingerprint density at radius 1 is 1.30 bits per heavy atom. The molecule has 0 spiro atoms. The van der Waals surface area contributed by atoms with Crippen molar-refractivity contribution in [3.8, 4) is 0 Å². The van der Waals surface area contributed by atoms with E-state index in [9.17, 15) is 0 Å². The minimum Gasteiger partial charge on any atom is -0.347 e. The van der Waals surface area contributed by atoms with Gasteiger partial charge in [-0.15, -0.1) is 11.3 Å². The van der Waals surface area contributed by atoms with Crippen molar-refractivity contribution in [2.45, 2.75) is 19.3 Å². The van der Waals surface area contributed by atoms with E-state index in [1.54, 1.807) is 17.5 Å². The first-order valence-corrected chi connectivity index (χ1v) is 7.46. The van der Waals surface area contributed by atoms with Crippen LogP contribution in [0, 0.1) is 0 Å². The van der Waals surface area contributed by atoms with E-state index in [4.69, 9.17) is 0 Å². The monoisotopic (exact) mass is 283 g/mol. The molecule has 0 bridgehead atoms. The summed E-state index contributed by atoms with van der Waals surface area (Å²) in [4.78, 5) is 10.8. The third-order valence-corrected chi connectivity index (χ3v) is 4.46. The topological polar surface area (TPSA) is 28.5 Å². The first-order chi connectivity index (χ1) is 9.60. The van der Waals surface area contributed by atoms with Crippen LogP contribution in [-0.4, -0.2) is 18.2 Å². The van der Waals surface area contributed by atoms with E-state index in [2.05, 4.69) is 66.1 Å². The maximum Gasteiger partial charge on any atom is 0.208 e. The zero-order valence-corrected chi connectivity index (χ0v) is 12.7. The highest BCUT2D eigenvalue weighted by Gasteiger charge is 2.37. The van der Waals surface area contributed by atoms with Gasteiger partial charge in [0, 0.05) is 41.6 Å². The van der Waals surface area contributed by atoms with Crippen LogP contribution in [0.2, 0.25) is 0 Å². The molecule has 0 N–H and O–H groups in total. The Morgan fingerprint density at radius 2 is 2.10 bits per heavy atom. The van der Waals surface area contributed by atoms with E-state index in [0.29, 0.717) is 0 Å². The summed E-state index contributed by atoms with van der Waals surface area (Å²) in [7, 11) is 2.11. The minimum atomic E-state index is 0.000240. The molecule has 3 rings (SSSR count). The van der Waals surface area contributed by atoms with Gasteiger partial charge < -0.3 is 4.90 Å². The van der Waals surface area contributed by atoms with Crippen LogP contribution in [0.5, 0.6) is 0 Å². The van der Waals surface area contributed by atoms with Crippen LogP contribution < -0.4 is 4.90 Å². The van der Waals surface area contributed by atoms with Gasteiger partial charge in [-0.2, -0.15) is 0 Å². The number of rotatable bonds is 2. The van der Waals surface area contributed by atoms with Crippen LogP contribution in [0.4, 0.5) is 10.8 Å². The number of benzene rings is 1. The van der Waals surface area contributed by atoms with Gasteiger partial charge in [0.05, 0.1) is 0 Å². The molecule has 1 aliphatic heterocycles. The van der Waals surface area contributed by atoms with Gasteiger partial charge in [-0.1, -0.05) is 32.0 Å². The molecular weight excluding hydrogens is 266 g/mol. The minimum absolute atomic E-state index is 0.000240. The van der Waals surface area contributed by atoms with E-state index < -0.39 is 0 Å². The predicted octanol–water partition coefficient (Wildman–Crippen LogP) is 4.16. The van der Waals surface area contributed by atoms with Gasteiger partial charge in [0.25, 0.3) is 0 Å². The number of aromatic nitrogens is 1. The molecule has 2 heterocycles. The number of likely N-dealkylation sites (N-methyl/N-ethyl adjacent to an activating group) is 1. The van der Waals surface area contributed by atoms with Gasteiger partial charge in [0.15, 0.2) is 0 Å². The van der Waals surface area contributed by atoms with E-state index >= 15 is 0 Å². The quantitative estimate of drug-likeness (QED) is 0.774. The van der Waals surface area contributed by atoms with Crippen molar-refractivity contribution >= 4 is 28.4 Å². The number of anilines is 1. The van der Waals surface area contributed by atoms with Crippen molar-refractivity contribution in [2.75, 3.05) is 11.9 Å². The van der Waals surface area contributed by atoms with Crippen molar-refractivity contribution in [3.05, 3.63) is 53.2 Å². The lowest BCUT2D eigenvalue weighted by Crippen LogP contribution is -2.22. The number of para-hydroxylation sites is 1. The molecule has 1 aromatic heterocycles. The largest absolute Gasteiger partial charge is 0.347 e. The molecular formula is C16H17N3S. The molecule has 0 fully saturated rings. The van der Waals surface area contributed by atoms with Crippen LogP contribution >= 0.6 is 11.3 Å². The number of hydrogen-bond acceptors (Lipinski definition) is 4. The lowest BCUT2D eigenvalue weighted by molar-refractivity contribution is 0.641. The number of thiazole rings is 1. The Kier molecular flexibility index (Phi) is 3.18. The number of hydrogen-bond donors (Lipinski definition) is 0. The smallest absolute Gasteiger partial charge is 0.208 e. The molecule has 1 aromatic carbocycles. The van der Waals surface area contributed by atoms with Crippen LogP contribution in [-0.2, 0) is 5.41 Å². The molecule has 0 unspecified atom stereocenters. The molecule has 0 saturated heterocycles. The molecule has 0 aliphatic carbocycles. The second-order valence-corrected chi connectivity index (χ2v) is 6.22. The maximum absolute atomic E-state index is 4.37. The average molecular weight is 283 g/mol. The molecule has 0 saturated carbocycles. The van der Waals surface area contributed by atoms with E-state index in [1.165, 1.54) is 16.9 Å². The highest BCUT2D eigenvalue weighted by molar-refractivity contribution is 7.13. The van der Waals surface area contributed by atoms with Crippen molar-refractivity contribution in [3.63, 3.8) is 0 Å². The van der Waals surface area contributed by atoms with Crippen LogP contribution in [0.15, 0.2) is 52.6 Å². The van der Waals surface area contributed by atoms with Crippen LogP contribution in [0.1, 0.15) is 19.4 Å². The summed E-state index contributed by atoms with van der Waals surface area (Å²) in [5.41, 5.74) is 3.88. The highest BCUT2D eigenvalue weighted by atomic mass is 32.1. The summed E-state index contributed by atoms with van der Waals surface area (Å²) in [5.74, 6) is 0. The lowest BCUT2D eigenvalue weighted by Gasteiger charge is -2.23. The highest BCUT2D eigenvalue weighted by Crippen LogP contribution is 2.46. The second-order valence-electron chi connectivity index (χ2n) is 5.35. The SMILES string of the molecule is CN1/C(=C\C=N\c2nccs2)C(C)(C)c2ccccc21. The zero-order valence-electron chi connectivity index (χ0n) is 11.9. The number of aliphatic imine (C=N–C) groups is 1. The Labute approximate surface area is 123 Å². The second kappa shape index (κ2) is 4.87. The molecule has 102 valence electrons. The summed E-state index contributed by atoms with van der Waals surface area (Å²) in [5, 5.41) is 2.72. The molecule has 0 radical (unpaired) electrons. The van der Waals surface area contributed by atoms with E-state index in [1.807, 2.05) is 11.6 Å². The van der Waals surface area contributed by atoms with Gasteiger partial charge in [-0.3, -0.25) is 0 Å². The summed E-state index contributed by atoms with van der Waals surface area (Å²) >= 11 is 1.54. The van der Waals surface area contributed by atoms with Crippen LogP contribution in [0.25, 0.3) is 0 Å². The predicted molar refractivity (Wildman–Crippen MR) is 86.2 cm³/mol. The molecule has 1 aliphatic rings. The van der Waals surface area contributed by atoms with Crippen molar-refractivity contribution in [1.82, 2.24) is 4.98 Å². The standard InChI is InChI=1S/C16H17N3S/c1-16(2)12-6-4-5-7-13(12)19(3)14(16)8-9-17-15-18-10-11-20-15/h4-11H,1-3H3/b14-8-,17-9+. The fraction of sp³-hybridized carbons (Fsp3) is 0.250. The fourth-order valence-electron chi connectivity index (χ4n) is 2.75. The summed E-state index contributed by atoms with van der Waals surface area (Å²) in [6.07, 6.45) is 5.70. The molecule has 0 atom stereocenters. The number of allylic oxidation sites excluding steroid dienone is 2. The summed E-state index contributed by atoms with van der Waals surface area (Å²) < 4.78 is 0. The van der Waals surface area contributed by atoms with Crippen molar-refractivity contribution in [2.24, 2.45) is 4.99 Å². The molecule has 3 nitrogen and oxygen atoms in total. The van der Waals surface area contributed by atoms with Crippen molar-refractivity contribution < 1.29 is 0 Å². The lowest BCUT2D eigenvalue weighted by atomic mass is 9.84. The number of nitrogens with zero attached hydrogens (tertiary/aromatic N) is 3. The summed E-state index contributed by atoms with van der Waals surface area (Å²) in [6, 6.07) is 8.54. The number of fused-ring (bicyclic) bond motifs is 1. The maximum atomic E-state index is 4.37. The van der Waals surface area contributed by atoms with E-state index in [0.717, 1.165) is 5.13 Å². The van der Waals surface area contributed by atoms with Gasteiger partial charge in [0.2, 0.25) is 5.13 Å². The Balaban J connectivity index is 1.95. The van der Waals surface area contributed by atoms with Gasteiger partial charge in [-0.05, 0) is 17.7 Å². The fourth-order valence-corrected chi connectivity index (χ4v) is 3.24. The van der Waals surface area contributed by atoms with Gasteiger partial charge >= 0.3 is 0 Å². The van der Waals surface area contributed by atoms with Crippen molar-refractivity contribution in [1.29, 1.82) is 0 Å². The van der Waals surface area contributed by atoms with Gasteiger partial charge in [0.1, 0.15) is 0 Å². The molecule has 0 amide bonds. The third kappa shape index (κ3) is 2.06. The normalized spacial score (nSPS) is 18.9. The Hall–Kier alpha value is -1.94. The van der Waals surface area contributed by atoms with E-state index in [-0.39, 0.29) is 5.41 Å². The average Bonchev–Trinajstić information content (AvgIpc) is 3.01. The zero-order chi connectivity index (χ0) is 14.2. The molecule has 4 heteroatoms. The van der Waals surface area contributed by atoms with Crippen LogP contribution in [0.3, 0.4) is 0 Å². The Bertz CT molecular complexity index is 669.